The zero-order chi connectivity index (χ0) is 10.4. The summed E-state index contributed by atoms with van der Waals surface area (Å²) < 4.78 is 10.1. The van der Waals surface area contributed by atoms with Crippen molar-refractivity contribution in [3.05, 3.63) is 23.8 Å². The maximum atomic E-state index is 8.63. The summed E-state index contributed by atoms with van der Waals surface area (Å²) in [5.74, 6) is 0.923. The van der Waals surface area contributed by atoms with Gasteiger partial charge in [-0.15, -0.1) is 0 Å². The van der Waals surface area contributed by atoms with Gasteiger partial charge >= 0.3 is 0 Å². The van der Waals surface area contributed by atoms with E-state index in [0.29, 0.717) is 17.1 Å². The Hall–Kier alpha value is -2.20. The molecule has 0 spiro atoms. The average Bonchev–Trinajstić information content (AvgIpc) is 2.26. The van der Waals surface area contributed by atoms with Crippen LogP contribution in [0.25, 0.3) is 0 Å². The number of rotatable bonds is 3. The minimum atomic E-state index is -0.0394. The molecule has 0 radical (unpaired) electrons. The highest BCUT2D eigenvalue weighted by Crippen LogP contribution is 2.27. The van der Waals surface area contributed by atoms with Crippen molar-refractivity contribution in [2.45, 2.75) is 0 Å². The van der Waals surface area contributed by atoms with Crippen molar-refractivity contribution in [1.82, 2.24) is 0 Å². The van der Waals surface area contributed by atoms with Gasteiger partial charge in [-0.05, 0) is 12.1 Å². The zero-order valence-electron chi connectivity index (χ0n) is 7.65. The fraction of sp³-hybridized carbons (Fsp3) is 0.200. The van der Waals surface area contributed by atoms with Crippen molar-refractivity contribution < 1.29 is 9.47 Å². The molecule has 0 N–H and O–H groups in total. The van der Waals surface area contributed by atoms with Gasteiger partial charge in [0.2, 0.25) is 0 Å². The Bertz CT molecular complexity index is 402. The third-order valence-corrected chi connectivity index (χ3v) is 1.58. The molecular weight excluding hydrogens is 180 g/mol. The van der Waals surface area contributed by atoms with E-state index < -0.39 is 0 Å². The minimum Gasteiger partial charge on any atom is -0.493 e. The molecule has 0 unspecified atom stereocenters. The van der Waals surface area contributed by atoms with E-state index in [2.05, 4.69) is 0 Å². The van der Waals surface area contributed by atoms with E-state index in [1.807, 2.05) is 12.1 Å². The van der Waals surface area contributed by atoms with Crippen LogP contribution in [0.5, 0.6) is 11.5 Å². The number of ether oxygens (including phenoxy) is 2. The number of hydrogen-bond donors (Lipinski definition) is 0. The predicted molar refractivity (Wildman–Crippen MR) is 48.8 cm³/mol. The first kappa shape index (κ1) is 9.88. The van der Waals surface area contributed by atoms with E-state index in [0.717, 1.165) is 0 Å². The first-order valence-corrected chi connectivity index (χ1v) is 3.89. The van der Waals surface area contributed by atoms with Crippen molar-refractivity contribution in [2.24, 2.45) is 0 Å². The summed E-state index contributed by atoms with van der Waals surface area (Å²) in [6.45, 7) is -0.0394. The molecule has 0 aliphatic rings. The molecule has 0 aromatic heterocycles. The number of methoxy groups -OCH3 is 1. The molecule has 1 aromatic rings. The number of nitriles is 2. The fourth-order valence-electron chi connectivity index (χ4n) is 0.966. The van der Waals surface area contributed by atoms with Crippen LogP contribution < -0.4 is 9.47 Å². The zero-order valence-corrected chi connectivity index (χ0v) is 7.65. The third-order valence-electron chi connectivity index (χ3n) is 1.58. The summed E-state index contributed by atoms with van der Waals surface area (Å²) in [7, 11) is 1.48. The van der Waals surface area contributed by atoms with Crippen LogP contribution in [0.3, 0.4) is 0 Å². The minimum absolute atomic E-state index is 0.0394. The molecule has 70 valence electrons. The Morgan fingerprint density at radius 1 is 1.29 bits per heavy atom. The van der Waals surface area contributed by atoms with Gasteiger partial charge in [0.1, 0.15) is 6.07 Å². The van der Waals surface area contributed by atoms with Crippen LogP contribution in [0.2, 0.25) is 0 Å². The summed E-state index contributed by atoms with van der Waals surface area (Å²) >= 11 is 0. The van der Waals surface area contributed by atoms with Crippen LogP contribution in [-0.4, -0.2) is 13.7 Å². The van der Waals surface area contributed by atoms with Gasteiger partial charge in [0.25, 0.3) is 0 Å². The van der Waals surface area contributed by atoms with Crippen LogP contribution in [0, 0.1) is 22.7 Å². The van der Waals surface area contributed by atoms with E-state index in [1.54, 1.807) is 18.2 Å². The summed E-state index contributed by atoms with van der Waals surface area (Å²) in [6, 6.07) is 8.61. The fourth-order valence-corrected chi connectivity index (χ4v) is 0.966. The molecule has 14 heavy (non-hydrogen) atoms. The smallest absolute Gasteiger partial charge is 0.174 e. The Balaban J connectivity index is 2.96. The molecule has 0 heterocycles. The predicted octanol–water partition coefficient (Wildman–Crippen LogP) is 1.47. The second-order valence-electron chi connectivity index (χ2n) is 2.42. The second kappa shape index (κ2) is 4.74. The van der Waals surface area contributed by atoms with E-state index in [-0.39, 0.29) is 6.61 Å². The topological polar surface area (TPSA) is 66.0 Å². The van der Waals surface area contributed by atoms with E-state index >= 15 is 0 Å². The molecule has 4 nitrogen and oxygen atoms in total. The van der Waals surface area contributed by atoms with Crippen molar-refractivity contribution >= 4 is 0 Å². The summed E-state index contributed by atoms with van der Waals surface area (Å²) in [5, 5.41) is 16.9. The summed E-state index contributed by atoms with van der Waals surface area (Å²) in [4.78, 5) is 0. The maximum Gasteiger partial charge on any atom is 0.174 e. The van der Waals surface area contributed by atoms with Gasteiger partial charge in [-0.3, -0.25) is 0 Å². The number of hydrogen-bond acceptors (Lipinski definition) is 4. The first-order valence-electron chi connectivity index (χ1n) is 3.89. The molecule has 0 bridgehead atoms. The highest BCUT2D eigenvalue weighted by molar-refractivity contribution is 5.46. The van der Waals surface area contributed by atoms with Crippen molar-refractivity contribution in [3.8, 4) is 23.6 Å². The largest absolute Gasteiger partial charge is 0.493 e. The van der Waals surface area contributed by atoms with E-state index in [1.165, 1.54) is 7.11 Å². The third kappa shape index (κ3) is 2.15. The lowest BCUT2D eigenvalue weighted by Gasteiger charge is -2.07. The van der Waals surface area contributed by atoms with Gasteiger partial charge in [-0.25, -0.2) is 0 Å². The second-order valence-corrected chi connectivity index (χ2v) is 2.42. The SMILES string of the molecule is COc1cc(C#N)ccc1OCC#N. The summed E-state index contributed by atoms with van der Waals surface area (Å²) in [5.41, 5.74) is 0.492. The van der Waals surface area contributed by atoms with Gasteiger partial charge in [0.15, 0.2) is 18.1 Å². The highest BCUT2D eigenvalue weighted by atomic mass is 16.5. The summed E-state index contributed by atoms with van der Waals surface area (Å²) in [6.07, 6.45) is 0. The molecule has 4 heteroatoms. The molecule has 0 aliphatic carbocycles. The normalized spacial score (nSPS) is 8.50. The lowest BCUT2D eigenvalue weighted by molar-refractivity contribution is 0.329. The molecular formula is C10H8N2O2. The molecule has 0 aliphatic heterocycles. The molecule has 0 saturated heterocycles. The molecule has 1 rings (SSSR count). The lowest BCUT2D eigenvalue weighted by Crippen LogP contribution is -1.96. The molecule has 0 saturated carbocycles. The van der Waals surface area contributed by atoms with E-state index in [9.17, 15) is 0 Å². The Morgan fingerprint density at radius 3 is 2.64 bits per heavy atom. The molecule has 0 fully saturated rings. The standard InChI is InChI=1S/C10H8N2O2/c1-13-10-6-8(7-12)2-3-9(10)14-5-4-11/h2-3,6H,5H2,1H3. The number of nitrogens with zero attached hydrogens (tertiary/aromatic N) is 2. The van der Waals surface area contributed by atoms with Gasteiger partial charge in [0.05, 0.1) is 18.7 Å². The monoisotopic (exact) mass is 188 g/mol. The van der Waals surface area contributed by atoms with Gasteiger partial charge < -0.3 is 9.47 Å². The Labute approximate surface area is 81.9 Å². The van der Waals surface area contributed by atoms with Crippen LogP contribution in [0.15, 0.2) is 18.2 Å². The molecule has 0 atom stereocenters. The van der Waals surface area contributed by atoms with Gasteiger partial charge in [-0.2, -0.15) is 10.5 Å². The molecule has 1 aromatic carbocycles. The van der Waals surface area contributed by atoms with Crippen LogP contribution >= 0.6 is 0 Å². The van der Waals surface area contributed by atoms with Crippen LogP contribution in [0.1, 0.15) is 5.56 Å². The van der Waals surface area contributed by atoms with Gasteiger partial charge in [-0.1, -0.05) is 0 Å². The quantitative estimate of drug-likeness (QED) is 0.720. The Morgan fingerprint density at radius 2 is 2.07 bits per heavy atom. The first-order chi connectivity index (χ1) is 6.81. The van der Waals surface area contributed by atoms with Crippen molar-refractivity contribution in [3.63, 3.8) is 0 Å². The van der Waals surface area contributed by atoms with Gasteiger partial charge in [0, 0.05) is 6.07 Å². The number of benzene rings is 1. The van der Waals surface area contributed by atoms with Crippen molar-refractivity contribution in [1.29, 1.82) is 10.5 Å². The Kier molecular flexibility index (Phi) is 3.34. The van der Waals surface area contributed by atoms with Crippen molar-refractivity contribution in [2.75, 3.05) is 13.7 Å². The average molecular weight is 188 g/mol. The highest BCUT2D eigenvalue weighted by Gasteiger charge is 2.04. The maximum absolute atomic E-state index is 8.63. The van der Waals surface area contributed by atoms with Crippen LogP contribution in [0.4, 0.5) is 0 Å². The lowest BCUT2D eigenvalue weighted by atomic mass is 10.2. The molecule has 0 amide bonds. The van der Waals surface area contributed by atoms with E-state index in [4.69, 9.17) is 20.0 Å². The van der Waals surface area contributed by atoms with Crippen LogP contribution in [-0.2, 0) is 0 Å².